The normalized spacial score (nSPS) is 12.8. The highest BCUT2D eigenvalue weighted by Crippen LogP contribution is 2.25. The van der Waals surface area contributed by atoms with Crippen molar-refractivity contribution in [1.29, 1.82) is 0 Å². The average molecular weight is 409 g/mol. The Bertz CT molecular complexity index is 1030. The Morgan fingerprint density at radius 2 is 1.97 bits per heavy atom. The van der Waals surface area contributed by atoms with Gasteiger partial charge in [-0.05, 0) is 43.3 Å². The fourth-order valence-electron chi connectivity index (χ4n) is 2.95. The highest BCUT2D eigenvalue weighted by molar-refractivity contribution is 5.98. The summed E-state index contributed by atoms with van der Waals surface area (Å²) in [4.78, 5) is 18.5. The molecule has 0 spiro atoms. The number of hydrogen-bond donors (Lipinski definition) is 0. The minimum Gasteiger partial charge on any atom is -0.483 e. The van der Waals surface area contributed by atoms with Gasteiger partial charge < -0.3 is 14.2 Å². The van der Waals surface area contributed by atoms with E-state index in [1.807, 2.05) is 0 Å². The Morgan fingerprint density at radius 1 is 1.24 bits per heavy atom. The van der Waals surface area contributed by atoms with Crippen molar-refractivity contribution in [1.82, 2.24) is 14.5 Å². The Kier molecular flexibility index (Phi) is 5.50. The van der Waals surface area contributed by atoms with Crippen LogP contribution in [0.15, 0.2) is 42.6 Å². The molecular formula is C20H19F4N3O2. The molecule has 1 atom stereocenters. The lowest BCUT2D eigenvalue weighted by molar-refractivity contribution is -0.153. The third-order valence-electron chi connectivity index (χ3n) is 4.72. The molecule has 2 aromatic heterocycles. The smallest absolute Gasteiger partial charge is 0.422 e. The Hall–Kier alpha value is -3.10. The van der Waals surface area contributed by atoms with E-state index >= 15 is 0 Å². The average Bonchev–Trinajstić information content (AvgIpc) is 3.00. The molecule has 154 valence electrons. The molecule has 0 aliphatic carbocycles. The number of halogens is 4. The lowest BCUT2D eigenvalue weighted by Crippen LogP contribution is -2.31. The van der Waals surface area contributed by atoms with Gasteiger partial charge in [0.1, 0.15) is 17.3 Å². The number of carbonyl (C=O) groups excluding carboxylic acids is 1. The molecular weight excluding hydrogens is 390 g/mol. The van der Waals surface area contributed by atoms with E-state index in [0.717, 1.165) is 5.39 Å². The molecule has 3 rings (SSSR count). The van der Waals surface area contributed by atoms with Crippen molar-refractivity contribution >= 4 is 16.8 Å². The largest absolute Gasteiger partial charge is 0.483 e. The van der Waals surface area contributed by atoms with Gasteiger partial charge in [-0.25, -0.2) is 4.39 Å². The van der Waals surface area contributed by atoms with Gasteiger partial charge in [0, 0.05) is 19.5 Å². The first-order valence-electron chi connectivity index (χ1n) is 8.74. The predicted octanol–water partition coefficient (Wildman–Crippen LogP) is 4.49. The van der Waals surface area contributed by atoms with Crippen LogP contribution in [0.2, 0.25) is 0 Å². The van der Waals surface area contributed by atoms with Crippen LogP contribution in [0.3, 0.4) is 0 Å². The molecule has 0 bridgehead atoms. The van der Waals surface area contributed by atoms with Gasteiger partial charge in [-0.1, -0.05) is 0 Å². The second-order valence-electron chi connectivity index (χ2n) is 6.71. The third-order valence-corrected chi connectivity index (χ3v) is 4.72. The minimum absolute atomic E-state index is 0.0111. The summed E-state index contributed by atoms with van der Waals surface area (Å²) in [6.07, 6.45) is -3.24. The van der Waals surface area contributed by atoms with Crippen molar-refractivity contribution in [3.05, 3.63) is 59.8 Å². The third kappa shape index (κ3) is 4.49. The van der Waals surface area contributed by atoms with Crippen LogP contribution in [-0.4, -0.2) is 40.2 Å². The molecule has 29 heavy (non-hydrogen) atoms. The molecule has 0 N–H and O–H groups in total. The van der Waals surface area contributed by atoms with Crippen LogP contribution in [0.25, 0.3) is 10.9 Å². The zero-order chi connectivity index (χ0) is 21.3. The van der Waals surface area contributed by atoms with Gasteiger partial charge in [-0.2, -0.15) is 13.2 Å². The number of alkyl halides is 3. The van der Waals surface area contributed by atoms with E-state index in [0.29, 0.717) is 16.9 Å². The number of rotatable bonds is 5. The Balaban J connectivity index is 1.76. The molecule has 0 saturated carbocycles. The van der Waals surface area contributed by atoms with Gasteiger partial charge in [-0.3, -0.25) is 9.78 Å². The van der Waals surface area contributed by atoms with E-state index in [1.54, 1.807) is 37.7 Å². The van der Waals surface area contributed by atoms with E-state index in [4.69, 9.17) is 0 Å². The molecule has 5 nitrogen and oxygen atoms in total. The summed E-state index contributed by atoms with van der Waals surface area (Å²) >= 11 is 0. The summed E-state index contributed by atoms with van der Waals surface area (Å²) in [5.41, 5.74) is 1.47. The van der Waals surface area contributed by atoms with E-state index < -0.39 is 24.6 Å². The number of aryl methyl sites for hydroxylation is 1. The summed E-state index contributed by atoms with van der Waals surface area (Å²) in [7, 11) is 3.28. The van der Waals surface area contributed by atoms with Gasteiger partial charge in [0.25, 0.3) is 5.91 Å². The van der Waals surface area contributed by atoms with E-state index in [9.17, 15) is 22.4 Å². The van der Waals surface area contributed by atoms with E-state index in [2.05, 4.69) is 9.72 Å². The second-order valence-corrected chi connectivity index (χ2v) is 6.71. The number of aromatic nitrogens is 2. The molecule has 0 aliphatic heterocycles. The van der Waals surface area contributed by atoms with Gasteiger partial charge in [0.2, 0.25) is 0 Å². The molecule has 1 aromatic carbocycles. The standard InChI is InChI=1S/C20H19F4N3O2/c1-12(16-7-6-15(10-25-16)29-11-20(22,23)24)26(2)19(28)18-8-13-4-5-14(21)9-17(13)27(18)3/h4-10,12H,11H2,1-3H3/t12-/m1/s1. The van der Waals surface area contributed by atoms with Gasteiger partial charge in [0.05, 0.1) is 23.4 Å². The lowest BCUT2D eigenvalue weighted by atomic mass is 10.1. The predicted molar refractivity (Wildman–Crippen MR) is 99.2 cm³/mol. The van der Waals surface area contributed by atoms with Gasteiger partial charge in [-0.15, -0.1) is 0 Å². The van der Waals surface area contributed by atoms with Crippen molar-refractivity contribution < 1.29 is 27.1 Å². The number of hydrogen-bond acceptors (Lipinski definition) is 3. The number of ether oxygens (including phenoxy) is 1. The molecule has 9 heteroatoms. The number of carbonyl (C=O) groups is 1. The molecule has 0 aliphatic rings. The van der Waals surface area contributed by atoms with Crippen molar-refractivity contribution in [3.63, 3.8) is 0 Å². The number of fused-ring (bicyclic) bond motifs is 1. The van der Waals surface area contributed by atoms with E-state index in [1.165, 1.54) is 35.4 Å². The summed E-state index contributed by atoms with van der Waals surface area (Å²) in [6.45, 7) is 0.350. The molecule has 3 aromatic rings. The van der Waals surface area contributed by atoms with Crippen molar-refractivity contribution in [2.45, 2.75) is 19.1 Å². The molecule has 0 unspecified atom stereocenters. The molecule has 0 fully saturated rings. The van der Waals surface area contributed by atoms with Crippen LogP contribution in [0.4, 0.5) is 17.6 Å². The Labute approximate surface area is 164 Å². The first-order valence-corrected chi connectivity index (χ1v) is 8.74. The van der Waals surface area contributed by atoms with Crippen LogP contribution < -0.4 is 4.74 Å². The highest BCUT2D eigenvalue weighted by atomic mass is 19.4. The topological polar surface area (TPSA) is 47.4 Å². The van der Waals surface area contributed by atoms with Crippen LogP contribution in [0.5, 0.6) is 5.75 Å². The SMILES string of the molecule is C[C@H](c1ccc(OCC(F)(F)F)cn1)N(C)C(=O)c1cc2ccc(F)cc2n1C. The fraction of sp³-hybridized carbons (Fsp3) is 0.300. The number of nitrogens with zero attached hydrogens (tertiary/aromatic N) is 3. The quantitative estimate of drug-likeness (QED) is 0.584. The van der Waals surface area contributed by atoms with E-state index in [-0.39, 0.29) is 11.7 Å². The maximum atomic E-state index is 13.5. The Morgan fingerprint density at radius 3 is 2.59 bits per heavy atom. The number of pyridine rings is 1. The first kappa shape index (κ1) is 20.6. The molecule has 0 saturated heterocycles. The van der Waals surface area contributed by atoms with Crippen LogP contribution >= 0.6 is 0 Å². The highest BCUT2D eigenvalue weighted by Gasteiger charge is 2.28. The second kappa shape index (κ2) is 7.73. The van der Waals surface area contributed by atoms with Gasteiger partial charge >= 0.3 is 6.18 Å². The molecule has 2 heterocycles. The summed E-state index contributed by atoms with van der Waals surface area (Å²) in [5.74, 6) is -0.699. The van der Waals surface area contributed by atoms with Crippen LogP contribution in [0.1, 0.15) is 29.1 Å². The lowest BCUT2D eigenvalue weighted by Gasteiger charge is -2.25. The van der Waals surface area contributed by atoms with Crippen LogP contribution in [0, 0.1) is 5.82 Å². The maximum absolute atomic E-state index is 13.5. The monoisotopic (exact) mass is 409 g/mol. The van der Waals surface area contributed by atoms with Crippen molar-refractivity contribution in [2.75, 3.05) is 13.7 Å². The van der Waals surface area contributed by atoms with Crippen molar-refractivity contribution in [2.24, 2.45) is 7.05 Å². The number of benzene rings is 1. The zero-order valence-corrected chi connectivity index (χ0v) is 16.0. The summed E-state index contributed by atoms with van der Waals surface area (Å²) in [6, 6.07) is 8.41. The molecule has 0 radical (unpaired) electrons. The summed E-state index contributed by atoms with van der Waals surface area (Å²) in [5, 5.41) is 0.739. The summed E-state index contributed by atoms with van der Waals surface area (Å²) < 4.78 is 56.4. The fourth-order valence-corrected chi connectivity index (χ4v) is 2.95. The first-order chi connectivity index (χ1) is 13.6. The van der Waals surface area contributed by atoms with Crippen LogP contribution in [-0.2, 0) is 7.05 Å². The maximum Gasteiger partial charge on any atom is 0.422 e. The minimum atomic E-state index is -4.43. The number of amides is 1. The van der Waals surface area contributed by atoms with Crippen molar-refractivity contribution in [3.8, 4) is 5.75 Å². The molecule has 1 amide bonds. The van der Waals surface area contributed by atoms with Gasteiger partial charge in [0.15, 0.2) is 6.61 Å². The zero-order valence-electron chi connectivity index (χ0n) is 16.0.